The first-order valence-electron chi connectivity index (χ1n) is 9.72. The van der Waals surface area contributed by atoms with Crippen LogP contribution in [0.1, 0.15) is 48.2 Å². The number of amides is 1. The van der Waals surface area contributed by atoms with E-state index >= 15 is 0 Å². The summed E-state index contributed by atoms with van der Waals surface area (Å²) in [7, 11) is 0. The summed E-state index contributed by atoms with van der Waals surface area (Å²) in [6.07, 6.45) is 8.22. The van der Waals surface area contributed by atoms with Gasteiger partial charge >= 0.3 is 0 Å². The number of ketones is 1. The van der Waals surface area contributed by atoms with Gasteiger partial charge in [-0.25, -0.2) is 0 Å². The third-order valence-corrected chi connectivity index (χ3v) is 5.18. The third-order valence-electron chi connectivity index (χ3n) is 5.18. The van der Waals surface area contributed by atoms with Crippen molar-refractivity contribution in [3.63, 3.8) is 0 Å². The third kappa shape index (κ3) is 4.42. The first kappa shape index (κ1) is 20.1. The lowest BCUT2D eigenvalue weighted by Crippen LogP contribution is -2.46. The fourth-order valence-electron chi connectivity index (χ4n) is 3.71. The van der Waals surface area contributed by atoms with Crippen LogP contribution in [0.15, 0.2) is 42.0 Å². The first-order chi connectivity index (χ1) is 13.7. The Balaban J connectivity index is 1.73. The smallest absolute Gasteiger partial charge is 0.256 e. The van der Waals surface area contributed by atoms with Crippen LogP contribution >= 0.6 is 0 Å². The Bertz CT molecular complexity index is 787. The molecule has 0 spiro atoms. The minimum absolute atomic E-state index is 0.0672. The number of rotatable bonds is 6. The van der Waals surface area contributed by atoms with E-state index in [0.717, 1.165) is 25.5 Å². The summed E-state index contributed by atoms with van der Waals surface area (Å²) in [5.74, 6) is 0.135. The molecule has 2 N–H and O–H groups in total. The van der Waals surface area contributed by atoms with Gasteiger partial charge in [0.05, 0.1) is 29.1 Å². The number of carbonyl (C=O) groups is 2. The van der Waals surface area contributed by atoms with E-state index in [2.05, 4.69) is 4.98 Å². The summed E-state index contributed by atoms with van der Waals surface area (Å²) < 4.78 is 5.85. The molecule has 0 radical (unpaired) electrons. The zero-order valence-corrected chi connectivity index (χ0v) is 15.8. The van der Waals surface area contributed by atoms with Crippen molar-refractivity contribution in [2.75, 3.05) is 19.8 Å². The molecule has 150 valence electrons. The van der Waals surface area contributed by atoms with Crippen molar-refractivity contribution in [1.82, 2.24) is 9.88 Å². The lowest BCUT2D eigenvalue weighted by Gasteiger charge is -2.36. The van der Waals surface area contributed by atoms with E-state index in [1.807, 2.05) is 0 Å². The van der Waals surface area contributed by atoms with E-state index in [4.69, 9.17) is 4.74 Å². The predicted molar refractivity (Wildman–Crippen MR) is 103 cm³/mol. The minimum Gasteiger partial charge on any atom is -0.515 e. The summed E-state index contributed by atoms with van der Waals surface area (Å²) in [6, 6.07) is 3.34. The molecule has 0 bridgehead atoms. The van der Waals surface area contributed by atoms with Gasteiger partial charge in [-0.2, -0.15) is 0 Å². The molecule has 7 nitrogen and oxygen atoms in total. The normalized spacial score (nSPS) is 21.5. The molecule has 0 saturated carbocycles. The number of likely N-dealkylation sites (tertiary alicyclic amines) is 1. The number of aliphatic hydroxyl groups is 2. The SMILES string of the molecule is O=C1CCC=C(OC[C@H]2CCCCN2C(=O)c2cccnc2CCO)C1=CO. The van der Waals surface area contributed by atoms with E-state index < -0.39 is 0 Å². The van der Waals surface area contributed by atoms with Crippen LogP contribution in [-0.2, 0) is 16.0 Å². The van der Waals surface area contributed by atoms with Crippen LogP contribution in [0.2, 0.25) is 0 Å². The predicted octanol–water partition coefficient (Wildman–Crippen LogP) is 2.32. The number of carbonyl (C=O) groups excluding carboxylic acids is 2. The van der Waals surface area contributed by atoms with Crippen molar-refractivity contribution in [2.24, 2.45) is 0 Å². The number of ether oxygens (including phenoxy) is 1. The van der Waals surface area contributed by atoms with Crippen molar-refractivity contribution in [3.05, 3.63) is 53.3 Å². The van der Waals surface area contributed by atoms with E-state index in [-0.39, 0.29) is 36.5 Å². The quantitative estimate of drug-likeness (QED) is 0.575. The first-order valence-corrected chi connectivity index (χ1v) is 9.72. The van der Waals surface area contributed by atoms with Gasteiger partial charge in [-0.05, 0) is 43.9 Å². The maximum atomic E-state index is 13.2. The monoisotopic (exact) mass is 386 g/mol. The number of allylic oxidation sites excluding steroid dienone is 2. The number of pyridine rings is 1. The Morgan fingerprint density at radius 2 is 2.25 bits per heavy atom. The van der Waals surface area contributed by atoms with Crippen LogP contribution in [0.4, 0.5) is 0 Å². The highest BCUT2D eigenvalue weighted by Crippen LogP contribution is 2.25. The zero-order chi connectivity index (χ0) is 19.9. The number of aromatic nitrogens is 1. The van der Waals surface area contributed by atoms with Gasteiger partial charge in [0.2, 0.25) is 0 Å². The molecule has 2 heterocycles. The van der Waals surface area contributed by atoms with Crippen LogP contribution < -0.4 is 0 Å². The highest BCUT2D eigenvalue weighted by Gasteiger charge is 2.30. The molecule has 0 unspecified atom stereocenters. The Morgan fingerprint density at radius 3 is 3.04 bits per heavy atom. The number of hydrogen-bond donors (Lipinski definition) is 2. The van der Waals surface area contributed by atoms with Gasteiger partial charge in [-0.1, -0.05) is 0 Å². The second-order valence-corrected chi connectivity index (χ2v) is 7.00. The fraction of sp³-hybridized carbons (Fsp3) is 0.476. The second-order valence-electron chi connectivity index (χ2n) is 7.00. The molecule has 1 aliphatic heterocycles. The maximum Gasteiger partial charge on any atom is 0.256 e. The Morgan fingerprint density at radius 1 is 1.39 bits per heavy atom. The number of piperidine rings is 1. The molecule has 1 aliphatic carbocycles. The molecule has 1 saturated heterocycles. The average molecular weight is 386 g/mol. The lowest BCUT2D eigenvalue weighted by atomic mass is 9.98. The fourth-order valence-corrected chi connectivity index (χ4v) is 3.71. The molecule has 2 aliphatic rings. The standard InChI is InChI=1S/C21H26N2O5/c24-12-9-18-16(6-4-10-22-18)21(27)23-11-2-1-5-15(23)14-28-20-8-3-7-19(26)17(20)13-25/h4,6,8,10,13,15,24-25H,1-3,5,7,9,11-12,14H2/t15-/m1/s1. The van der Waals surface area contributed by atoms with Gasteiger partial charge < -0.3 is 19.8 Å². The molecule has 1 amide bonds. The van der Waals surface area contributed by atoms with Crippen LogP contribution in [0.3, 0.4) is 0 Å². The van der Waals surface area contributed by atoms with E-state index in [0.29, 0.717) is 42.8 Å². The Hall–Kier alpha value is -2.67. The van der Waals surface area contributed by atoms with Crippen LogP contribution in [0.25, 0.3) is 0 Å². The van der Waals surface area contributed by atoms with Gasteiger partial charge in [0.1, 0.15) is 12.4 Å². The molecular formula is C21H26N2O5. The summed E-state index contributed by atoms with van der Waals surface area (Å²) >= 11 is 0. The summed E-state index contributed by atoms with van der Waals surface area (Å²) in [6.45, 7) is 0.821. The van der Waals surface area contributed by atoms with Crippen molar-refractivity contribution in [2.45, 2.75) is 44.6 Å². The van der Waals surface area contributed by atoms with E-state index in [1.165, 1.54) is 0 Å². The molecule has 28 heavy (non-hydrogen) atoms. The van der Waals surface area contributed by atoms with Crippen molar-refractivity contribution >= 4 is 11.7 Å². The highest BCUT2D eigenvalue weighted by atomic mass is 16.5. The van der Waals surface area contributed by atoms with Gasteiger partial charge in [-0.3, -0.25) is 14.6 Å². The van der Waals surface area contributed by atoms with Crippen molar-refractivity contribution < 1.29 is 24.5 Å². The lowest BCUT2D eigenvalue weighted by molar-refractivity contribution is -0.116. The summed E-state index contributed by atoms with van der Waals surface area (Å²) in [4.78, 5) is 31.1. The molecule has 1 aromatic heterocycles. The maximum absolute atomic E-state index is 13.2. The van der Waals surface area contributed by atoms with Gasteiger partial charge in [0.15, 0.2) is 5.78 Å². The van der Waals surface area contributed by atoms with Gasteiger partial charge in [-0.15, -0.1) is 0 Å². The number of hydrogen-bond acceptors (Lipinski definition) is 6. The van der Waals surface area contributed by atoms with Crippen LogP contribution in [0, 0.1) is 0 Å². The van der Waals surface area contributed by atoms with Gasteiger partial charge in [0, 0.05) is 32.2 Å². The number of Topliss-reactive ketones (excluding diaryl/α,β-unsaturated/α-hetero) is 1. The molecule has 1 fully saturated rings. The highest BCUT2D eigenvalue weighted by molar-refractivity contribution is 5.99. The Kier molecular flexibility index (Phi) is 6.81. The number of aliphatic hydroxyl groups excluding tert-OH is 2. The largest absolute Gasteiger partial charge is 0.515 e. The average Bonchev–Trinajstić information content (AvgIpc) is 2.72. The zero-order valence-electron chi connectivity index (χ0n) is 15.8. The Labute approximate surface area is 164 Å². The minimum atomic E-state index is -0.138. The molecule has 7 heteroatoms. The van der Waals surface area contributed by atoms with Crippen LogP contribution in [0.5, 0.6) is 0 Å². The molecule has 1 atom stereocenters. The van der Waals surface area contributed by atoms with E-state index in [9.17, 15) is 19.8 Å². The van der Waals surface area contributed by atoms with Crippen molar-refractivity contribution in [1.29, 1.82) is 0 Å². The molecule has 1 aromatic rings. The van der Waals surface area contributed by atoms with E-state index in [1.54, 1.807) is 29.3 Å². The van der Waals surface area contributed by atoms with Crippen molar-refractivity contribution in [3.8, 4) is 0 Å². The topological polar surface area (TPSA) is 100.0 Å². The molecule has 3 rings (SSSR count). The summed E-state index contributed by atoms with van der Waals surface area (Å²) in [5, 5.41) is 18.6. The second kappa shape index (κ2) is 9.50. The number of nitrogens with zero attached hydrogens (tertiary/aromatic N) is 2. The molecular weight excluding hydrogens is 360 g/mol. The summed E-state index contributed by atoms with van der Waals surface area (Å²) in [5.41, 5.74) is 1.29. The van der Waals surface area contributed by atoms with Gasteiger partial charge in [0.25, 0.3) is 5.91 Å². The van der Waals surface area contributed by atoms with Crippen LogP contribution in [-0.4, -0.2) is 57.6 Å². The molecule has 0 aromatic carbocycles.